The van der Waals surface area contributed by atoms with Gasteiger partial charge in [0.25, 0.3) is 5.69 Å². The summed E-state index contributed by atoms with van der Waals surface area (Å²) in [6.45, 7) is 4.07. The van der Waals surface area contributed by atoms with Crippen molar-refractivity contribution in [2.75, 3.05) is 26.2 Å². The van der Waals surface area contributed by atoms with E-state index in [1.54, 1.807) is 36.0 Å². The Morgan fingerprint density at radius 2 is 2.00 bits per heavy atom. The number of hydrogen-bond donors (Lipinski definition) is 0. The van der Waals surface area contributed by atoms with E-state index in [2.05, 4.69) is 16.1 Å². The summed E-state index contributed by atoms with van der Waals surface area (Å²) in [7, 11) is -3.85. The number of sulfonamides is 1. The number of rotatable bonds is 5. The molecule has 11 heteroatoms. The van der Waals surface area contributed by atoms with Gasteiger partial charge in [-0.2, -0.15) is 14.7 Å². The molecule has 0 spiro atoms. The van der Waals surface area contributed by atoms with E-state index in [4.69, 9.17) is 5.26 Å². The summed E-state index contributed by atoms with van der Waals surface area (Å²) < 4.78 is 29.6. The molecule has 3 aromatic rings. The summed E-state index contributed by atoms with van der Waals surface area (Å²) in [5.74, 6) is 0. The minimum atomic E-state index is -3.85. The second kappa shape index (κ2) is 8.66. The molecule has 0 amide bonds. The summed E-state index contributed by atoms with van der Waals surface area (Å²) in [5, 5.41) is 24.6. The normalized spacial score (nSPS) is 16.0. The van der Waals surface area contributed by atoms with Crippen molar-refractivity contribution < 1.29 is 13.3 Å². The molecule has 1 aromatic carbocycles. The smallest absolute Gasteiger partial charge is 0.270 e. The maximum Gasteiger partial charge on any atom is 0.270 e. The molecule has 1 aliphatic rings. The number of nitriles is 1. The first-order chi connectivity index (χ1) is 15.3. The fraction of sp³-hybridized carbons (Fsp3) is 0.333. The Bertz CT molecular complexity index is 1330. The first kappa shape index (κ1) is 21.9. The highest BCUT2D eigenvalue weighted by atomic mass is 32.2. The van der Waals surface area contributed by atoms with E-state index in [1.807, 2.05) is 0 Å². The van der Waals surface area contributed by atoms with Crippen LogP contribution < -0.4 is 0 Å². The Morgan fingerprint density at radius 1 is 1.19 bits per heavy atom. The fourth-order valence-electron chi connectivity index (χ4n) is 3.93. The van der Waals surface area contributed by atoms with Gasteiger partial charge in [-0.3, -0.25) is 15.0 Å². The average Bonchev–Trinajstić information content (AvgIpc) is 3.00. The van der Waals surface area contributed by atoms with Gasteiger partial charge in [-0.1, -0.05) is 6.07 Å². The van der Waals surface area contributed by atoms with Gasteiger partial charge in [-0.05, 0) is 37.6 Å². The Labute approximate surface area is 185 Å². The number of nitro groups is 1. The predicted molar refractivity (Wildman–Crippen MR) is 116 cm³/mol. The lowest BCUT2D eigenvalue weighted by molar-refractivity contribution is -0.385. The molecule has 0 N–H and O–H groups in total. The lowest BCUT2D eigenvalue weighted by Crippen LogP contribution is -2.35. The molecule has 1 fully saturated rings. The van der Waals surface area contributed by atoms with Crippen LogP contribution in [0.25, 0.3) is 5.52 Å². The van der Waals surface area contributed by atoms with E-state index >= 15 is 0 Å². The van der Waals surface area contributed by atoms with E-state index in [0.717, 1.165) is 17.1 Å². The van der Waals surface area contributed by atoms with Crippen LogP contribution >= 0.6 is 0 Å². The summed E-state index contributed by atoms with van der Waals surface area (Å²) >= 11 is 0. The second-order valence-corrected chi connectivity index (χ2v) is 9.67. The third kappa shape index (κ3) is 4.20. The van der Waals surface area contributed by atoms with Crippen molar-refractivity contribution in [2.24, 2.45) is 0 Å². The van der Waals surface area contributed by atoms with Gasteiger partial charge in [0, 0.05) is 50.1 Å². The second-order valence-electron chi connectivity index (χ2n) is 7.77. The SMILES string of the molecule is Cc1ccc([N+](=O)[O-])cc1S(=O)(=O)N1CCCN(Cc2cnn3ccc(C#N)cc23)CC1. The quantitative estimate of drug-likeness (QED) is 0.428. The van der Waals surface area contributed by atoms with Gasteiger partial charge < -0.3 is 0 Å². The summed E-state index contributed by atoms with van der Waals surface area (Å²) in [4.78, 5) is 12.7. The van der Waals surface area contributed by atoms with E-state index in [9.17, 15) is 18.5 Å². The lowest BCUT2D eigenvalue weighted by atomic mass is 10.2. The molecular formula is C21H22N6O4S. The van der Waals surface area contributed by atoms with Crippen molar-refractivity contribution >= 4 is 21.2 Å². The zero-order chi connectivity index (χ0) is 22.9. The van der Waals surface area contributed by atoms with Crippen molar-refractivity contribution in [3.05, 3.63) is 69.5 Å². The molecule has 0 unspecified atom stereocenters. The summed E-state index contributed by atoms with van der Waals surface area (Å²) in [5.41, 5.74) is 2.62. The largest absolute Gasteiger partial charge is 0.298 e. The fourth-order valence-corrected chi connectivity index (χ4v) is 5.64. The number of non-ortho nitro benzene ring substituents is 1. The third-order valence-electron chi connectivity index (χ3n) is 5.67. The van der Waals surface area contributed by atoms with Crippen LogP contribution in [0.3, 0.4) is 0 Å². The summed E-state index contributed by atoms with van der Waals surface area (Å²) in [6.07, 6.45) is 4.15. The number of pyridine rings is 1. The van der Waals surface area contributed by atoms with Crippen LogP contribution in [-0.2, 0) is 16.6 Å². The molecule has 0 radical (unpaired) electrons. The van der Waals surface area contributed by atoms with Crippen LogP contribution in [0.1, 0.15) is 23.1 Å². The van der Waals surface area contributed by atoms with Crippen molar-refractivity contribution in [1.29, 1.82) is 5.26 Å². The Morgan fingerprint density at radius 3 is 2.75 bits per heavy atom. The Kier molecular flexibility index (Phi) is 5.92. The molecule has 3 heterocycles. The molecule has 166 valence electrons. The highest BCUT2D eigenvalue weighted by molar-refractivity contribution is 7.89. The number of hydrogen-bond acceptors (Lipinski definition) is 7. The molecule has 4 rings (SSSR count). The van der Waals surface area contributed by atoms with E-state index in [1.165, 1.54) is 16.4 Å². The topological polar surface area (TPSA) is 125 Å². The molecule has 0 atom stereocenters. The van der Waals surface area contributed by atoms with Gasteiger partial charge in [0.2, 0.25) is 10.0 Å². The van der Waals surface area contributed by atoms with Gasteiger partial charge in [0.15, 0.2) is 0 Å². The standard InChI is InChI=1S/C21H22N6O4S/c1-16-3-4-19(27(28)29)12-21(16)32(30,31)25-7-2-6-24(9-10-25)15-18-14-23-26-8-5-17(13-22)11-20(18)26/h3-5,8,11-12,14H,2,6-7,9-10,15H2,1H3. The molecule has 1 aliphatic heterocycles. The number of aromatic nitrogens is 2. The number of benzene rings is 1. The summed E-state index contributed by atoms with van der Waals surface area (Å²) in [6, 6.07) is 9.55. The van der Waals surface area contributed by atoms with Gasteiger partial charge >= 0.3 is 0 Å². The van der Waals surface area contributed by atoms with Crippen LogP contribution in [0.2, 0.25) is 0 Å². The minimum absolute atomic E-state index is 0.0215. The number of aryl methyl sites for hydroxylation is 1. The van der Waals surface area contributed by atoms with Gasteiger partial charge in [0.1, 0.15) is 0 Å². The van der Waals surface area contributed by atoms with Crippen molar-refractivity contribution in [3.63, 3.8) is 0 Å². The lowest BCUT2D eigenvalue weighted by Gasteiger charge is -2.22. The monoisotopic (exact) mass is 454 g/mol. The molecule has 1 saturated heterocycles. The van der Waals surface area contributed by atoms with Gasteiger partial charge in [-0.25, -0.2) is 12.9 Å². The Hall–Kier alpha value is -3.33. The number of nitrogens with zero attached hydrogens (tertiary/aromatic N) is 6. The number of nitro benzene ring substituents is 1. The molecule has 0 aliphatic carbocycles. The third-order valence-corrected chi connectivity index (χ3v) is 7.71. The highest BCUT2D eigenvalue weighted by Crippen LogP contribution is 2.26. The maximum atomic E-state index is 13.2. The molecule has 10 nitrogen and oxygen atoms in total. The molecule has 32 heavy (non-hydrogen) atoms. The van der Waals surface area contributed by atoms with Crippen molar-refractivity contribution in [2.45, 2.75) is 24.8 Å². The van der Waals surface area contributed by atoms with Crippen molar-refractivity contribution in [1.82, 2.24) is 18.8 Å². The van der Waals surface area contributed by atoms with E-state index < -0.39 is 14.9 Å². The minimum Gasteiger partial charge on any atom is -0.298 e. The van der Waals surface area contributed by atoms with Crippen molar-refractivity contribution in [3.8, 4) is 6.07 Å². The van der Waals surface area contributed by atoms with Crippen LogP contribution in [0, 0.1) is 28.4 Å². The van der Waals surface area contributed by atoms with Crippen LogP contribution in [0.4, 0.5) is 5.69 Å². The predicted octanol–water partition coefficient (Wildman–Crippen LogP) is 2.32. The molecule has 2 aromatic heterocycles. The zero-order valence-corrected chi connectivity index (χ0v) is 18.3. The Balaban J connectivity index is 1.52. The van der Waals surface area contributed by atoms with Gasteiger partial charge in [-0.15, -0.1) is 0 Å². The van der Waals surface area contributed by atoms with Crippen LogP contribution in [0.5, 0.6) is 0 Å². The molecule has 0 bridgehead atoms. The van der Waals surface area contributed by atoms with Gasteiger partial charge in [0.05, 0.1) is 33.2 Å². The highest BCUT2D eigenvalue weighted by Gasteiger charge is 2.29. The molecule has 0 saturated carbocycles. The first-order valence-corrected chi connectivity index (χ1v) is 11.6. The van der Waals surface area contributed by atoms with Crippen LogP contribution in [-0.4, -0.2) is 58.3 Å². The van der Waals surface area contributed by atoms with E-state index in [0.29, 0.717) is 43.7 Å². The number of fused-ring (bicyclic) bond motifs is 1. The zero-order valence-electron chi connectivity index (χ0n) is 17.5. The molecular weight excluding hydrogens is 432 g/mol. The van der Waals surface area contributed by atoms with E-state index in [-0.39, 0.29) is 17.1 Å². The van der Waals surface area contributed by atoms with Crippen LogP contribution in [0.15, 0.2) is 47.6 Å². The first-order valence-electron chi connectivity index (χ1n) is 10.1. The maximum absolute atomic E-state index is 13.2. The average molecular weight is 455 g/mol.